The maximum absolute atomic E-state index is 12.3. The van der Waals surface area contributed by atoms with Crippen LogP contribution in [0.4, 0.5) is 0 Å². The van der Waals surface area contributed by atoms with E-state index in [2.05, 4.69) is 13.0 Å². The van der Waals surface area contributed by atoms with Crippen molar-refractivity contribution in [3.05, 3.63) is 11.6 Å². The third-order valence-corrected chi connectivity index (χ3v) is 8.40. The van der Waals surface area contributed by atoms with Crippen LogP contribution in [0, 0.1) is 34.5 Å². The van der Waals surface area contributed by atoms with E-state index >= 15 is 0 Å². The van der Waals surface area contributed by atoms with E-state index in [0.29, 0.717) is 25.7 Å². The molecule has 4 aliphatic rings. The summed E-state index contributed by atoms with van der Waals surface area (Å²) in [5.74, 6) is -0.194. The van der Waals surface area contributed by atoms with E-state index in [4.69, 9.17) is 0 Å². The average Bonchev–Trinajstić information content (AvgIpc) is 2.84. The standard InChI is InChI=1S/C21H30O5/c1-20-6-5-12(23)7-11(20)3-4-13-14-8-15(24)19(17(26)10-22)21(14,2)9-16(25)18(13)20/h3,13-16,18-19,22,24-25H,4-10H2,1-2H3/t13?,14?,15?,16-,18?,19+,20-,21-/m0/s1. The lowest BCUT2D eigenvalue weighted by Gasteiger charge is -2.59. The van der Waals surface area contributed by atoms with Crippen molar-refractivity contribution >= 4 is 11.6 Å². The molecule has 0 aliphatic heterocycles. The number of carbonyl (C=O) groups is 2. The number of hydrogen-bond donors (Lipinski definition) is 3. The fourth-order valence-electron chi connectivity index (χ4n) is 7.31. The average molecular weight is 362 g/mol. The highest BCUT2D eigenvalue weighted by molar-refractivity contribution is 5.84. The molecule has 0 aromatic rings. The van der Waals surface area contributed by atoms with Crippen LogP contribution in [0.25, 0.3) is 0 Å². The number of carbonyl (C=O) groups excluding carboxylic acids is 2. The van der Waals surface area contributed by atoms with Gasteiger partial charge in [-0.3, -0.25) is 9.59 Å². The molecular weight excluding hydrogens is 332 g/mol. The van der Waals surface area contributed by atoms with E-state index in [0.717, 1.165) is 12.8 Å². The normalized spacial score (nSPS) is 50.5. The van der Waals surface area contributed by atoms with E-state index < -0.39 is 30.1 Å². The minimum Gasteiger partial charge on any atom is -0.393 e. The summed E-state index contributed by atoms with van der Waals surface area (Å²) in [6, 6.07) is 0. The van der Waals surface area contributed by atoms with Gasteiger partial charge in [-0.15, -0.1) is 0 Å². The quantitative estimate of drug-likeness (QED) is 0.649. The first-order valence-electron chi connectivity index (χ1n) is 9.93. The molecule has 0 amide bonds. The van der Waals surface area contributed by atoms with Gasteiger partial charge in [0.15, 0.2) is 5.78 Å². The lowest BCUT2D eigenvalue weighted by Crippen LogP contribution is -2.57. The Morgan fingerprint density at radius 1 is 1.27 bits per heavy atom. The first kappa shape index (κ1) is 18.3. The van der Waals surface area contributed by atoms with Crippen LogP contribution < -0.4 is 0 Å². The predicted molar refractivity (Wildman–Crippen MR) is 95.1 cm³/mol. The Balaban J connectivity index is 1.73. The van der Waals surface area contributed by atoms with Gasteiger partial charge in [0.05, 0.1) is 18.1 Å². The van der Waals surface area contributed by atoms with Crippen LogP contribution in [0.5, 0.6) is 0 Å². The van der Waals surface area contributed by atoms with Gasteiger partial charge < -0.3 is 15.3 Å². The minimum absolute atomic E-state index is 0.0730. The van der Waals surface area contributed by atoms with Crippen molar-refractivity contribution in [2.24, 2.45) is 34.5 Å². The second-order valence-electron chi connectivity index (χ2n) is 9.58. The fourth-order valence-corrected chi connectivity index (χ4v) is 7.31. The van der Waals surface area contributed by atoms with Gasteiger partial charge in [0.1, 0.15) is 12.4 Å². The van der Waals surface area contributed by atoms with E-state index in [-0.39, 0.29) is 34.7 Å². The maximum atomic E-state index is 12.3. The first-order chi connectivity index (χ1) is 12.2. The summed E-state index contributed by atoms with van der Waals surface area (Å²) in [5, 5.41) is 31.2. The van der Waals surface area contributed by atoms with Crippen LogP contribution in [0.2, 0.25) is 0 Å². The second kappa shape index (κ2) is 5.98. The highest BCUT2D eigenvalue weighted by atomic mass is 16.3. The number of rotatable bonds is 2. The van der Waals surface area contributed by atoms with Crippen LogP contribution in [-0.2, 0) is 9.59 Å². The molecular formula is C21H30O5. The zero-order valence-electron chi connectivity index (χ0n) is 15.6. The zero-order chi connectivity index (χ0) is 18.9. The van der Waals surface area contributed by atoms with Gasteiger partial charge >= 0.3 is 0 Å². The van der Waals surface area contributed by atoms with E-state index in [1.807, 2.05) is 6.92 Å². The molecule has 144 valence electrons. The number of aliphatic hydroxyl groups excluding tert-OH is 3. The maximum Gasteiger partial charge on any atom is 0.164 e. The van der Waals surface area contributed by atoms with Gasteiger partial charge in [-0.05, 0) is 54.3 Å². The largest absolute Gasteiger partial charge is 0.393 e. The van der Waals surface area contributed by atoms with Crippen LogP contribution in [-0.4, -0.2) is 45.7 Å². The number of fused-ring (bicyclic) bond motifs is 5. The molecule has 0 bridgehead atoms. The molecule has 4 aliphatic carbocycles. The van der Waals surface area contributed by atoms with Gasteiger partial charge in [-0.1, -0.05) is 25.5 Å². The summed E-state index contributed by atoms with van der Waals surface area (Å²) in [6.07, 6.45) is 4.58. The molecule has 3 N–H and O–H groups in total. The molecule has 3 fully saturated rings. The van der Waals surface area contributed by atoms with Gasteiger partial charge in [-0.25, -0.2) is 0 Å². The van der Waals surface area contributed by atoms with Crippen molar-refractivity contribution in [1.29, 1.82) is 0 Å². The van der Waals surface area contributed by atoms with E-state index in [1.54, 1.807) is 0 Å². The summed E-state index contributed by atoms with van der Waals surface area (Å²) >= 11 is 0. The highest BCUT2D eigenvalue weighted by Gasteiger charge is 2.64. The van der Waals surface area contributed by atoms with Crippen molar-refractivity contribution in [3.63, 3.8) is 0 Å². The fraction of sp³-hybridized carbons (Fsp3) is 0.810. The molecule has 4 unspecified atom stereocenters. The minimum atomic E-state index is -0.748. The molecule has 3 saturated carbocycles. The third-order valence-electron chi connectivity index (χ3n) is 8.40. The van der Waals surface area contributed by atoms with Gasteiger partial charge in [0.25, 0.3) is 0 Å². The summed E-state index contributed by atoms with van der Waals surface area (Å²) in [7, 11) is 0. The summed E-state index contributed by atoms with van der Waals surface area (Å²) < 4.78 is 0. The van der Waals surface area contributed by atoms with Crippen molar-refractivity contribution in [3.8, 4) is 0 Å². The Bertz CT molecular complexity index is 669. The number of hydrogen-bond acceptors (Lipinski definition) is 5. The lowest BCUT2D eigenvalue weighted by atomic mass is 9.46. The van der Waals surface area contributed by atoms with Crippen LogP contribution in [0.1, 0.15) is 52.4 Å². The summed E-state index contributed by atoms with van der Waals surface area (Å²) in [4.78, 5) is 24.3. The van der Waals surface area contributed by atoms with Crippen molar-refractivity contribution in [2.45, 2.75) is 64.6 Å². The van der Waals surface area contributed by atoms with Crippen LogP contribution in [0.15, 0.2) is 11.6 Å². The smallest absolute Gasteiger partial charge is 0.164 e. The topological polar surface area (TPSA) is 94.8 Å². The Morgan fingerprint density at radius 2 is 2.00 bits per heavy atom. The number of Topliss-reactive ketones (excluding diaryl/α,β-unsaturated/α-hetero) is 2. The van der Waals surface area contributed by atoms with E-state index in [1.165, 1.54) is 5.57 Å². The Morgan fingerprint density at radius 3 is 2.69 bits per heavy atom. The molecule has 0 aromatic carbocycles. The number of aliphatic hydroxyl groups is 3. The third kappa shape index (κ3) is 2.33. The van der Waals surface area contributed by atoms with Crippen molar-refractivity contribution < 1.29 is 24.9 Å². The Kier molecular flexibility index (Phi) is 4.22. The van der Waals surface area contributed by atoms with Gasteiger partial charge in [-0.2, -0.15) is 0 Å². The second-order valence-corrected chi connectivity index (χ2v) is 9.58. The Hall–Kier alpha value is -1.04. The zero-order valence-corrected chi connectivity index (χ0v) is 15.6. The van der Waals surface area contributed by atoms with Crippen molar-refractivity contribution in [2.75, 3.05) is 6.61 Å². The van der Waals surface area contributed by atoms with Crippen molar-refractivity contribution in [1.82, 2.24) is 0 Å². The predicted octanol–water partition coefficient (Wildman–Crippen LogP) is 1.64. The number of ketones is 2. The molecule has 0 radical (unpaired) electrons. The first-order valence-corrected chi connectivity index (χ1v) is 9.93. The molecule has 0 spiro atoms. The summed E-state index contributed by atoms with van der Waals surface area (Å²) in [6.45, 7) is 3.64. The molecule has 5 heteroatoms. The molecule has 8 atom stereocenters. The molecule has 0 heterocycles. The number of allylic oxidation sites excluding steroid dienone is 2. The van der Waals surface area contributed by atoms with E-state index in [9.17, 15) is 24.9 Å². The molecule has 0 aromatic heterocycles. The molecule has 5 nitrogen and oxygen atoms in total. The molecule has 26 heavy (non-hydrogen) atoms. The molecule has 0 saturated heterocycles. The van der Waals surface area contributed by atoms with Gasteiger partial charge in [0.2, 0.25) is 0 Å². The SMILES string of the molecule is C[C@]12CCC(=O)CC1=CCC1C2[C@@H](O)C[C@@]2(C)C1CC(O)[C@@H]2C(=O)CO. The lowest BCUT2D eigenvalue weighted by molar-refractivity contribution is -0.147. The monoisotopic (exact) mass is 362 g/mol. The Labute approximate surface area is 154 Å². The highest BCUT2D eigenvalue weighted by Crippen LogP contribution is 2.66. The van der Waals surface area contributed by atoms with Gasteiger partial charge in [0, 0.05) is 12.8 Å². The van der Waals surface area contributed by atoms with Crippen LogP contribution in [0.3, 0.4) is 0 Å². The van der Waals surface area contributed by atoms with Crippen LogP contribution >= 0.6 is 0 Å². The summed E-state index contributed by atoms with van der Waals surface area (Å²) in [5.41, 5.74) is 0.535. The molecule has 4 rings (SSSR count).